The van der Waals surface area contributed by atoms with Crippen molar-refractivity contribution in [2.75, 3.05) is 7.05 Å². The van der Waals surface area contributed by atoms with Gasteiger partial charge in [-0.3, -0.25) is 0 Å². The van der Waals surface area contributed by atoms with Gasteiger partial charge in [0.1, 0.15) is 0 Å². The zero-order valence-corrected chi connectivity index (χ0v) is 14.9. The van der Waals surface area contributed by atoms with E-state index in [-0.39, 0.29) is 11.7 Å². The number of hydrogen-bond acceptors (Lipinski definition) is 2. The van der Waals surface area contributed by atoms with E-state index in [1.807, 2.05) is 31.3 Å². The van der Waals surface area contributed by atoms with Gasteiger partial charge in [-0.25, -0.2) is 4.79 Å². The first-order valence-corrected chi connectivity index (χ1v) is 8.30. The summed E-state index contributed by atoms with van der Waals surface area (Å²) < 4.78 is 2.16. The summed E-state index contributed by atoms with van der Waals surface area (Å²) in [6, 6.07) is 12.2. The highest BCUT2D eigenvalue weighted by molar-refractivity contribution is 14.1. The molecule has 0 bridgehead atoms. The normalized spacial score (nSPS) is 12.7. The van der Waals surface area contributed by atoms with Crippen molar-refractivity contribution in [2.24, 2.45) is 0 Å². The zero-order valence-electron chi connectivity index (χ0n) is 11.2. The molecule has 6 heteroatoms. The van der Waals surface area contributed by atoms with E-state index in [2.05, 4.69) is 65.9 Å². The molecule has 0 aliphatic heterocycles. The Morgan fingerprint density at radius 1 is 1.14 bits per heavy atom. The third kappa shape index (κ3) is 2.79. The van der Waals surface area contributed by atoms with E-state index in [1.165, 1.54) is 9.13 Å². The summed E-state index contributed by atoms with van der Waals surface area (Å²) in [6.07, 6.45) is 0. The lowest BCUT2D eigenvalue weighted by molar-refractivity contribution is 0.686. The molecule has 4 nitrogen and oxygen atoms in total. The SMILES string of the molecule is CNC(c1cc2[nH]c(=O)[nH]c2cc1Br)c1ccccc1I. The maximum absolute atomic E-state index is 11.4. The molecular weight excluding hydrogens is 445 g/mol. The second-order valence-electron chi connectivity index (χ2n) is 4.74. The Balaban J connectivity index is 2.19. The van der Waals surface area contributed by atoms with Gasteiger partial charge in [0.2, 0.25) is 0 Å². The van der Waals surface area contributed by atoms with Crippen molar-refractivity contribution in [2.45, 2.75) is 6.04 Å². The molecule has 0 radical (unpaired) electrons. The molecule has 3 N–H and O–H groups in total. The molecular formula is C15H13BrIN3O. The minimum atomic E-state index is -0.190. The maximum Gasteiger partial charge on any atom is 0.323 e. The number of imidazole rings is 1. The summed E-state index contributed by atoms with van der Waals surface area (Å²) in [4.78, 5) is 17.0. The maximum atomic E-state index is 11.4. The Morgan fingerprint density at radius 3 is 2.48 bits per heavy atom. The van der Waals surface area contributed by atoms with Gasteiger partial charge < -0.3 is 15.3 Å². The first kappa shape index (κ1) is 14.8. The molecule has 0 aliphatic rings. The van der Waals surface area contributed by atoms with Crippen molar-refractivity contribution in [3.63, 3.8) is 0 Å². The number of benzene rings is 2. The Morgan fingerprint density at radius 2 is 1.81 bits per heavy atom. The molecule has 1 aromatic heterocycles. The molecule has 21 heavy (non-hydrogen) atoms. The predicted octanol–water partition coefficient (Wildman–Crippen LogP) is 3.53. The van der Waals surface area contributed by atoms with Crippen LogP contribution in [0.15, 0.2) is 45.7 Å². The summed E-state index contributed by atoms with van der Waals surface area (Å²) in [5.74, 6) is 0. The summed E-state index contributed by atoms with van der Waals surface area (Å²) in [5.41, 5.74) is 3.71. The van der Waals surface area contributed by atoms with E-state index in [0.717, 1.165) is 21.1 Å². The molecule has 0 saturated carbocycles. The Kier molecular flexibility index (Phi) is 4.19. The number of fused-ring (bicyclic) bond motifs is 1. The molecule has 0 fully saturated rings. The third-order valence-corrected chi connectivity index (χ3v) is 5.12. The van der Waals surface area contributed by atoms with Gasteiger partial charge in [0.25, 0.3) is 0 Å². The van der Waals surface area contributed by atoms with Gasteiger partial charge in [0.15, 0.2) is 0 Å². The van der Waals surface area contributed by atoms with Gasteiger partial charge in [-0.1, -0.05) is 34.1 Å². The van der Waals surface area contributed by atoms with Crippen molar-refractivity contribution in [3.8, 4) is 0 Å². The Labute approximate surface area is 143 Å². The first-order chi connectivity index (χ1) is 10.1. The molecule has 0 amide bonds. The van der Waals surface area contributed by atoms with Crippen molar-refractivity contribution in [3.05, 3.63) is 66.1 Å². The highest BCUT2D eigenvalue weighted by atomic mass is 127. The van der Waals surface area contributed by atoms with Crippen LogP contribution in [0.1, 0.15) is 17.2 Å². The predicted molar refractivity (Wildman–Crippen MR) is 96.7 cm³/mol. The van der Waals surface area contributed by atoms with Gasteiger partial charge in [-0.05, 0) is 59.0 Å². The second-order valence-corrected chi connectivity index (χ2v) is 6.76. The van der Waals surface area contributed by atoms with Crippen LogP contribution in [-0.4, -0.2) is 17.0 Å². The number of rotatable bonds is 3. The molecule has 3 rings (SSSR count). The van der Waals surface area contributed by atoms with E-state index in [0.29, 0.717) is 0 Å². The second kappa shape index (κ2) is 5.94. The van der Waals surface area contributed by atoms with Crippen LogP contribution in [-0.2, 0) is 0 Å². The molecule has 3 aromatic rings. The molecule has 1 atom stereocenters. The fraction of sp³-hybridized carbons (Fsp3) is 0.133. The quantitative estimate of drug-likeness (QED) is 0.527. The number of nitrogens with one attached hydrogen (secondary N) is 3. The van der Waals surface area contributed by atoms with Crippen LogP contribution in [0, 0.1) is 3.57 Å². The Bertz CT molecular complexity index is 855. The van der Waals surface area contributed by atoms with E-state index < -0.39 is 0 Å². The summed E-state index contributed by atoms with van der Waals surface area (Å²) in [7, 11) is 1.93. The fourth-order valence-electron chi connectivity index (χ4n) is 2.48. The number of halogens is 2. The smallest absolute Gasteiger partial charge is 0.309 e. The van der Waals surface area contributed by atoms with Crippen molar-refractivity contribution in [1.29, 1.82) is 0 Å². The summed E-state index contributed by atoms with van der Waals surface area (Å²) in [6.45, 7) is 0. The molecule has 0 aliphatic carbocycles. The average Bonchev–Trinajstić information content (AvgIpc) is 2.81. The Hall–Kier alpha value is -1.12. The van der Waals surface area contributed by atoms with E-state index in [1.54, 1.807) is 0 Å². The van der Waals surface area contributed by atoms with Gasteiger partial charge in [0, 0.05) is 8.04 Å². The lowest BCUT2D eigenvalue weighted by atomic mass is 9.98. The van der Waals surface area contributed by atoms with Crippen LogP contribution in [0.5, 0.6) is 0 Å². The standard InChI is InChI=1S/C15H13BrIN3O/c1-18-14(8-4-2-3-5-11(8)17)9-6-12-13(7-10(9)16)20-15(21)19-12/h2-7,14,18H,1H3,(H2,19,20,21). The zero-order chi connectivity index (χ0) is 15.0. The van der Waals surface area contributed by atoms with Crippen molar-refractivity contribution >= 4 is 49.6 Å². The highest BCUT2D eigenvalue weighted by Crippen LogP contribution is 2.32. The topological polar surface area (TPSA) is 60.7 Å². The van der Waals surface area contributed by atoms with Crippen LogP contribution in [0.3, 0.4) is 0 Å². The van der Waals surface area contributed by atoms with Crippen LogP contribution in [0.4, 0.5) is 0 Å². The van der Waals surface area contributed by atoms with Crippen LogP contribution >= 0.6 is 38.5 Å². The molecule has 2 aromatic carbocycles. The van der Waals surface area contributed by atoms with E-state index in [4.69, 9.17) is 0 Å². The largest absolute Gasteiger partial charge is 0.323 e. The van der Waals surface area contributed by atoms with Gasteiger partial charge in [0.05, 0.1) is 17.1 Å². The average molecular weight is 458 g/mol. The van der Waals surface area contributed by atoms with Gasteiger partial charge in [-0.15, -0.1) is 0 Å². The highest BCUT2D eigenvalue weighted by Gasteiger charge is 2.18. The molecule has 108 valence electrons. The van der Waals surface area contributed by atoms with E-state index in [9.17, 15) is 4.79 Å². The fourth-order valence-corrected chi connectivity index (χ4v) is 3.75. The number of aromatic nitrogens is 2. The summed E-state index contributed by atoms with van der Waals surface area (Å²) in [5, 5.41) is 3.35. The van der Waals surface area contributed by atoms with Crippen molar-refractivity contribution < 1.29 is 0 Å². The number of hydrogen-bond donors (Lipinski definition) is 3. The lowest BCUT2D eigenvalue weighted by Crippen LogP contribution is -2.19. The number of aromatic amines is 2. The van der Waals surface area contributed by atoms with Crippen LogP contribution in [0.25, 0.3) is 11.0 Å². The minimum absolute atomic E-state index is 0.0512. The first-order valence-electron chi connectivity index (χ1n) is 6.43. The van der Waals surface area contributed by atoms with Gasteiger partial charge >= 0.3 is 5.69 Å². The third-order valence-electron chi connectivity index (χ3n) is 3.45. The monoisotopic (exact) mass is 457 g/mol. The lowest BCUT2D eigenvalue weighted by Gasteiger charge is -2.20. The molecule has 0 spiro atoms. The molecule has 1 unspecified atom stereocenters. The summed E-state index contributed by atoms with van der Waals surface area (Å²) >= 11 is 5.95. The van der Waals surface area contributed by atoms with Gasteiger partial charge in [-0.2, -0.15) is 0 Å². The van der Waals surface area contributed by atoms with Crippen molar-refractivity contribution in [1.82, 2.24) is 15.3 Å². The minimum Gasteiger partial charge on any atom is -0.309 e. The molecule has 1 heterocycles. The van der Waals surface area contributed by atoms with Crippen LogP contribution in [0.2, 0.25) is 0 Å². The molecule has 0 saturated heterocycles. The van der Waals surface area contributed by atoms with E-state index >= 15 is 0 Å². The number of H-pyrrole nitrogens is 2. The van der Waals surface area contributed by atoms with Crippen LogP contribution < -0.4 is 11.0 Å².